The van der Waals surface area contributed by atoms with Gasteiger partial charge in [0.2, 0.25) is 0 Å². The Kier molecular flexibility index (Phi) is 4.55. The first-order chi connectivity index (χ1) is 17.1. The molecule has 35 heavy (non-hydrogen) atoms. The van der Waals surface area contributed by atoms with Crippen LogP contribution in [0.5, 0.6) is 0 Å². The number of benzene rings is 3. The Balaban J connectivity index is 1.37. The number of carbonyl (C=O) groups is 1. The van der Waals surface area contributed by atoms with Crippen LogP contribution in [0.3, 0.4) is 0 Å². The standard InChI is InChI=1S/C29H28N4O2/c1-2-32-25-6-4-3-5-22(25)23-13-19(9-11-26(23)32)28-30-24-14-20(29(35)31-16-21(34)17-31)10-12-27(24)33(28)15-18-7-8-18/h3-6,9-14,18,21,34H,2,7-8,15-17H2,1H3. The number of likely N-dealkylation sites (tertiary alicyclic amines) is 1. The highest BCUT2D eigenvalue weighted by Gasteiger charge is 2.30. The third kappa shape index (κ3) is 3.27. The van der Waals surface area contributed by atoms with E-state index in [9.17, 15) is 9.90 Å². The monoisotopic (exact) mass is 464 g/mol. The summed E-state index contributed by atoms with van der Waals surface area (Å²) < 4.78 is 4.71. The number of aromatic nitrogens is 3. The zero-order valence-corrected chi connectivity index (χ0v) is 19.8. The predicted octanol–water partition coefficient (Wildman–Crippen LogP) is 5.06. The van der Waals surface area contributed by atoms with Gasteiger partial charge in [-0.2, -0.15) is 0 Å². The van der Waals surface area contributed by atoms with Gasteiger partial charge in [-0.05, 0) is 68.1 Å². The molecule has 1 N–H and O–H groups in total. The molecule has 5 aromatic rings. The van der Waals surface area contributed by atoms with E-state index in [1.165, 1.54) is 34.6 Å². The smallest absolute Gasteiger partial charge is 0.254 e. The normalized spacial score (nSPS) is 16.5. The molecule has 2 aromatic heterocycles. The van der Waals surface area contributed by atoms with E-state index < -0.39 is 6.10 Å². The van der Waals surface area contributed by atoms with Gasteiger partial charge in [-0.3, -0.25) is 4.79 Å². The van der Waals surface area contributed by atoms with E-state index in [0.717, 1.165) is 35.5 Å². The Bertz CT molecular complexity index is 1620. The molecule has 0 unspecified atom stereocenters. The van der Waals surface area contributed by atoms with Gasteiger partial charge >= 0.3 is 0 Å². The zero-order chi connectivity index (χ0) is 23.7. The van der Waals surface area contributed by atoms with Crippen LogP contribution < -0.4 is 0 Å². The van der Waals surface area contributed by atoms with E-state index in [4.69, 9.17) is 4.98 Å². The van der Waals surface area contributed by atoms with Crippen LogP contribution in [0, 0.1) is 5.92 Å². The van der Waals surface area contributed by atoms with Crippen molar-refractivity contribution in [2.45, 2.75) is 39.0 Å². The Hall–Kier alpha value is -3.64. The number of hydrogen-bond acceptors (Lipinski definition) is 3. The average Bonchev–Trinajstić information content (AvgIpc) is 3.53. The number of para-hydroxylation sites is 1. The Morgan fingerprint density at radius 3 is 2.49 bits per heavy atom. The third-order valence-electron chi connectivity index (χ3n) is 7.63. The number of imidazole rings is 1. The first kappa shape index (κ1) is 20.7. The lowest BCUT2D eigenvalue weighted by Gasteiger charge is -2.35. The SMILES string of the molecule is CCn1c2ccccc2c2cc(-c3nc4cc(C(=O)N5CC(O)C5)ccc4n3CC3CC3)ccc21. The number of aliphatic hydroxyl groups is 1. The molecule has 3 heterocycles. The predicted molar refractivity (Wildman–Crippen MR) is 138 cm³/mol. The summed E-state index contributed by atoms with van der Waals surface area (Å²) in [7, 11) is 0. The van der Waals surface area contributed by atoms with Crippen molar-refractivity contribution < 1.29 is 9.90 Å². The number of amides is 1. The summed E-state index contributed by atoms with van der Waals surface area (Å²) in [6.45, 7) is 4.88. The van der Waals surface area contributed by atoms with Crippen LogP contribution in [0.1, 0.15) is 30.1 Å². The number of nitrogens with zero attached hydrogens (tertiary/aromatic N) is 4. The molecule has 0 radical (unpaired) electrons. The van der Waals surface area contributed by atoms with Crippen LogP contribution in [-0.2, 0) is 13.1 Å². The van der Waals surface area contributed by atoms with Crippen LogP contribution in [-0.4, -0.2) is 49.2 Å². The summed E-state index contributed by atoms with van der Waals surface area (Å²) in [5.41, 5.74) is 6.16. The van der Waals surface area contributed by atoms with Gasteiger partial charge in [-0.1, -0.05) is 18.2 Å². The van der Waals surface area contributed by atoms with Gasteiger partial charge in [0.15, 0.2) is 0 Å². The van der Waals surface area contributed by atoms with Crippen LogP contribution in [0.15, 0.2) is 60.7 Å². The molecule has 1 aliphatic carbocycles. The van der Waals surface area contributed by atoms with E-state index >= 15 is 0 Å². The molecule has 6 heteroatoms. The van der Waals surface area contributed by atoms with Crippen molar-refractivity contribution in [2.75, 3.05) is 13.1 Å². The number of rotatable bonds is 5. The minimum atomic E-state index is -0.402. The molecule has 1 amide bonds. The maximum absolute atomic E-state index is 12.8. The summed E-state index contributed by atoms with van der Waals surface area (Å²) in [5.74, 6) is 1.62. The number of aryl methyl sites for hydroxylation is 1. The third-order valence-corrected chi connectivity index (χ3v) is 7.63. The largest absolute Gasteiger partial charge is 0.389 e. The van der Waals surface area contributed by atoms with Gasteiger partial charge in [0.1, 0.15) is 5.82 Å². The number of aliphatic hydroxyl groups excluding tert-OH is 1. The fraction of sp³-hybridized carbons (Fsp3) is 0.310. The molecule has 1 saturated carbocycles. The molecule has 0 spiro atoms. The summed E-state index contributed by atoms with van der Waals surface area (Å²) in [6, 6.07) is 21.1. The van der Waals surface area contributed by atoms with E-state index in [1.807, 2.05) is 18.2 Å². The van der Waals surface area contributed by atoms with Gasteiger partial charge in [0.25, 0.3) is 5.91 Å². The first-order valence-corrected chi connectivity index (χ1v) is 12.6. The average molecular weight is 465 g/mol. The molecule has 2 aliphatic rings. The van der Waals surface area contributed by atoms with Crippen molar-refractivity contribution in [2.24, 2.45) is 5.92 Å². The van der Waals surface area contributed by atoms with Crippen molar-refractivity contribution in [1.82, 2.24) is 19.0 Å². The van der Waals surface area contributed by atoms with Gasteiger partial charge < -0.3 is 19.1 Å². The number of fused-ring (bicyclic) bond motifs is 4. The molecule has 6 nitrogen and oxygen atoms in total. The van der Waals surface area contributed by atoms with Crippen LogP contribution in [0.25, 0.3) is 44.2 Å². The van der Waals surface area contributed by atoms with Gasteiger partial charge in [-0.15, -0.1) is 0 Å². The summed E-state index contributed by atoms with van der Waals surface area (Å²) in [6.07, 6.45) is 2.12. The van der Waals surface area contributed by atoms with Gasteiger partial charge in [0.05, 0.1) is 17.1 Å². The lowest BCUT2D eigenvalue weighted by molar-refractivity contribution is 0.00590. The summed E-state index contributed by atoms with van der Waals surface area (Å²) >= 11 is 0. The maximum atomic E-state index is 12.8. The highest BCUT2D eigenvalue weighted by Crippen LogP contribution is 2.37. The van der Waals surface area contributed by atoms with Gasteiger partial charge in [-0.25, -0.2) is 4.98 Å². The Morgan fingerprint density at radius 1 is 0.943 bits per heavy atom. The van der Waals surface area contributed by atoms with Crippen LogP contribution in [0.2, 0.25) is 0 Å². The second kappa shape index (κ2) is 7.68. The number of carbonyl (C=O) groups excluding carboxylic acids is 1. The quantitative estimate of drug-likeness (QED) is 0.396. The molecular formula is C29H28N4O2. The van der Waals surface area contributed by atoms with E-state index in [2.05, 4.69) is 58.5 Å². The topological polar surface area (TPSA) is 63.3 Å². The fourth-order valence-corrected chi connectivity index (χ4v) is 5.56. The lowest BCUT2D eigenvalue weighted by atomic mass is 10.1. The molecule has 1 aliphatic heterocycles. The molecule has 7 rings (SSSR count). The van der Waals surface area contributed by atoms with Crippen molar-refractivity contribution in [3.63, 3.8) is 0 Å². The highest BCUT2D eigenvalue weighted by molar-refractivity contribution is 6.09. The lowest BCUT2D eigenvalue weighted by Crippen LogP contribution is -2.53. The van der Waals surface area contributed by atoms with Gasteiger partial charge in [0, 0.05) is 59.1 Å². The number of β-amino-alcohol motifs (C(OH)–C–C–N with tert-alkyl or cyclic N) is 1. The minimum absolute atomic E-state index is 0.0377. The fourth-order valence-electron chi connectivity index (χ4n) is 5.56. The molecule has 3 aromatic carbocycles. The van der Waals surface area contributed by atoms with Crippen LogP contribution >= 0.6 is 0 Å². The number of hydrogen-bond donors (Lipinski definition) is 1. The molecular weight excluding hydrogens is 436 g/mol. The molecule has 0 atom stereocenters. The molecule has 0 bridgehead atoms. The van der Waals surface area contributed by atoms with Crippen molar-refractivity contribution >= 4 is 38.7 Å². The molecule has 2 fully saturated rings. The Labute approximate surface area is 203 Å². The second-order valence-corrected chi connectivity index (χ2v) is 10.1. The zero-order valence-electron chi connectivity index (χ0n) is 19.8. The minimum Gasteiger partial charge on any atom is -0.389 e. The second-order valence-electron chi connectivity index (χ2n) is 10.1. The van der Waals surface area contributed by atoms with Crippen molar-refractivity contribution in [3.8, 4) is 11.4 Å². The summed E-state index contributed by atoms with van der Waals surface area (Å²) in [4.78, 5) is 19.6. The van der Waals surface area contributed by atoms with Crippen molar-refractivity contribution in [1.29, 1.82) is 0 Å². The highest BCUT2D eigenvalue weighted by atomic mass is 16.3. The van der Waals surface area contributed by atoms with E-state index in [-0.39, 0.29) is 5.91 Å². The summed E-state index contributed by atoms with van der Waals surface area (Å²) in [5, 5.41) is 12.1. The Morgan fingerprint density at radius 2 is 1.71 bits per heavy atom. The molecule has 176 valence electrons. The first-order valence-electron chi connectivity index (χ1n) is 12.6. The van der Waals surface area contributed by atoms with Crippen LogP contribution in [0.4, 0.5) is 0 Å². The van der Waals surface area contributed by atoms with E-state index in [0.29, 0.717) is 24.6 Å². The molecule has 1 saturated heterocycles. The van der Waals surface area contributed by atoms with E-state index in [1.54, 1.807) is 4.90 Å². The van der Waals surface area contributed by atoms with Crippen molar-refractivity contribution in [3.05, 3.63) is 66.2 Å². The maximum Gasteiger partial charge on any atom is 0.254 e.